The molecule has 120 valence electrons. The van der Waals surface area contributed by atoms with Gasteiger partial charge in [-0.15, -0.1) is 0 Å². The molecule has 0 saturated heterocycles. The molecule has 6 heteroatoms. The third-order valence-corrected chi connectivity index (χ3v) is 3.35. The van der Waals surface area contributed by atoms with E-state index in [1.54, 1.807) is 35.0 Å². The van der Waals surface area contributed by atoms with Gasteiger partial charge in [0.15, 0.2) is 0 Å². The highest BCUT2D eigenvalue weighted by atomic mass is 19.1. The standard InChI is InChI=1S/C17H16FNO4/c18-13-7-5-12(6-8-13)3-1-9-19-10-2-4-14(19)15(20)11-16(21)17(22)23/h2,4-8,10-11,20H,1,3,9H2,(H,22,23). The number of carboxylic acids is 1. The lowest BCUT2D eigenvalue weighted by atomic mass is 10.1. The molecular weight excluding hydrogens is 301 g/mol. The number of carbonyl (C=O) groups is 2. The minimum absolute atomic E-state index is 0.278. The summed E-state index contributed by atoms with van der Waals surface area (Å²) < 4.78 is 14.6. The Morgan fingerprint density at radius 3 is 2.48 bits per heavy atom. The zero-order valence-electron chi connectivity index (χ0n) is 12.3. The lowest BCUT2D eigenvalue weighted by Crippen LogP contribution is -2.10. The van der Waals surface area contributed by atoms with Gasteiger partial charge in [-0.05, 0) is 42.7 Å². The second-order valence-corrected chi connectivity index (χ2v) is 5.02. The minimum atomic E-state index is -1.62. The number of rotatable bonds is 7. The van der Waals surface area contributed by atoms with E-state index in [1.165, 1.54) is 12.1 Å². The zero-order chi connectivity index (χ0) is 16.8. The van der Waals surface area contributed by atoms with E-state index >= 15 is 0 Å². The summed E-state index contributed by atoms with van der Waals surface area (Å²) in [5, 5.41) is 18.4. The predicted octanol–water partition coefficient (Wildman–Crippen LogP) is 2.81. The Labute approximate surface area is 132 Å². The number of benzene rings is 1. The molecule has 0 amide bonds. The third kappa shape index (κ3) is 4.54. The van der Waals surface area contributed by atoms with E-state index in [4.69, 9.17) is 5.11 Å². The Morgan fingerprint density at radius 2 is 1.83 bits per heavy atom. The van der Waals surface area contributed by atoms with Crippen LogP contribution in [0.15, 0.2) is 48.7 Å². The first-order valence-corrected chi connectivity index (χ1v) is 7.05. The van der Waals surface area contributed by atoms with Crippen molar-refractivity contribution < 1.29 is 24.2 Å². The summed E-state index contributed by atoms with van der Waals surface area (Å²) in [6, 6.07) is 9.54. The molecule has 0 unspecified atom stereocenters. The second kappa shape index (κ2) is 7.40. The summed E-state index contributed by atoms with van der Waals surface area (Å²) >= 11 is 0. The van der Waals surface area contributed by atoms with Gasteiger partial charge in [-0.3, -0.25) is 4.79 Å². The van der Waals surface area contributed by atoms with Gasteiger partial charge < -0.3 is 14.8 Å². The van der Waals surface area contributed by atoms with Crippen LogP contribution in [0, 0.1) is 5.82 Å². The molecule has 23 heavy (non-hydrogen) atoms. The van der Waals surface area contributed by atoms with Crippen molar-refractivity contribution in [1.29, 1.82) is 0 Å². The first kappa shape index (κ1) is 16.5. The van der Waals surface area contributed by atoms with Crippen LogP contribution in [0.1, 0.15) is 17.7 Å². The molecule has 0 spiro atoms. The van der Waals surface area contributed by atoms with Crippen molar-refractivity contribution in [3.8, 4) is 0 Å². The van der Waals surface area contributed by atoms with Gasteiger partial charge in [-0.2, -0.15) is 0 Å². The van der Waals surface area contributed by atoms with Gasteiger partial charge in [0, 0.05) is 18.8 Å². The van der Waals surface area contributed by atoms with Crippen LogP contribution in [0.5, 0.6) is 0 Å². The normalized spacial score (nSPS) is 11.4. The topological polar surface area (TPSA) is 79.5 Å². The van der Waals surface area contributed by atoms with Crippen LogP contribution in [0.2, 0.25) is 0 Å². The number of carbonyl (C=O) groups excluding carboxylic acids is 1. The van der Waals surface area contributed by atoms with Gasteiger partial charge in [-0.1, -0.05) is 12.1 Å². The molecule has 0 atom stereocenters. The average molecular weight is 317 g/mol. The van der Waals surface area contributed by atoms with Crippen molar-refractivity contribution >= 4 is 17.5 Å². The van der Waals surface area contributed by atoms with Gasteiger partial charge in [0.25, 0.3) is 5.78 Å². The number of aromatic nitrogens is 1. The Morgan fingerprint density at radius 1 is 1.13 bits per heavy atom. The Balaban J connectivity index is 1.99. The monoisotopic (exact) mass is 317 g/mol. The van der Waals surface area contributed by atoms with Crippen molar-refractivity contribution in [3.05, 3.63) is 65.7 Å². The highest BCUT2D eigenvalue weighted by molar-refractivity contribution is 6.38. The van der Waals surface area contributed by atoms with Crippen molar-refractivity contribution in [3.63, 3.8) is 0 Å². The van der Waals surface area contributed by atoms with E-state index in [0.717, 1.165) is 18.4 Å². The molecule has 2 rings (SSSR count). The van der Waals surface area contributed by atoms with Crippen LogP contribution in [-0.4, -0.2) is 26.5 Å². The maximum absolute atomic E-state index is 12.8. The summed E-state index contributed by atoms with van der Waals surface area (Å²) in [5.74, 6) is -3.46. The number of halogens is 1. The van der Waals surface area contributed by atoms with E-state index in [-0.39, 0.29) is 11.6 Å². The molecule has 0 radical (unpaired) electrons. The molecular formula is C17H16FNO4. The highest BCUT2D eigenvalue weighted by Crippen LogP contribution is 2.14. The first-order chi connectivity index (χ1) is 11.0. The van der Waals surface area contributed by atoms with Crippen LogP contribution in [0.3, 0.4) is 0 Å². The van der Waals surface area contributed by atoms with Crippen molar-refractivity contribution in [2.75, 3.05) is 0 Å². The number of carboxylic acid groups (broad SMARTS) is 1. The zero-order valence-corrected chi connectivity index (χ0v) is 12.3. The van der Waals surface area contributed by atoms with Crippen LogP contribution in [-0.2, 0) is 22.6 Å². The molecule has 0 bridgehead atoms. The van der Waals surface area contributed by atoms with Gasteiger partial charge in [0.05, 0.1) is 5.69 Å². The SMILES string of the molecule is O=C(O)C(=O)C=C(O)c1cccn1CCCc1ccc(F)cc1. The molecule has 0 saturated carbocycles. The molecule has 2 aromatic rings. The van der Waals surface area contributed by atoms with Crippen molar-refractivity contribution in [2.45, 2.75) is 19.4 Å². The number of aliphatic carboxylic acids is 1. The summed E-state index contributed by atoms with van der Waals surface area (Å²) in [6.07, 6.45) is 3.90. The molecule has 2 N–H and O–H groups in total. The molecule has 0 fully saturated rings. The van der Waals surface area contributed by atoms with Gasteiger partial charge in [0.2, 0.25) is 0 Å². The smallest absolute Gasteiger partial charge is 0.376 e. The molecule has 0 aliphatic carbocycles. The molecule has 1 heterocycles. The molecule has 1 aromatic carbocycles. The fourth-order valence-corrected chi connectivity index (χ4v) is 2.21. The summed E-state index contributed by atoms with van der Waals surface area (Å²) in [7, 11) is 0. The number of aliphatic hydroxyl groups is 1. The van der Waals surface area contributed by atoms with Crippen molar-refractivity contribution in [2.24, 2.45) is 0 Å². The van der Waals surface area contributed by atoms with Crippen molar-refractivity contribution in [1.82, 2.24) is 4.57 Å². The number of aryl methyl sites for hydroxylation is 2. The van der Waals surface area contributed by atoms with Gasteiger partial charge in [0.1, 0.15) is 11.6 Å². The van der Waals surface area contributed by atoms with Crippen LogP contribution in [0.4, 0.5) is 4.39 Å². The molecule has 5 nitrogen and oxygen atoms in total. The van der Waals surface area contributed by atoms with Crippen LogP contribution in [0.25, 0.3) is 5.76 Å². The third-order valence-electron chi connectivity index (χ3n) is 3.35. The Kier molecular flexibility index (Phi) is 5.30. The predicted molar refractivity (Wildman–Crippen MR) is 82.4 cm³/mol. The Hall–Kier alpha value is -2.89. The highest BCUT2D eigenvalue weighted by Gasteiger charge is 2.12. The summed E-state index contributed by atoms with van der Waals surface area (Å²) in [6.45, 7) is 0.568. The van der Waals surface area contributed by atoms with Gasteiger partial charge >= 0.3 is 5.97 Å². The molecule has 0 aliphatic heterocycles. The lowest BCUT2D eigenvalue weighted by molar-refractivity contribution is -0.146. The number of aliphatic hydroxyl groups excluding tert-OH is 1. The van der Waals surface area contributed by atoms with E-state index in [1.807, 2.05) is 0 Å². The second-order valence-electron chi connectivity index (χ2n) is 5.02. The quantitative estimate of drug-likeness (QED) is 0.467. The number of nitrogens with zero attached hydrogens (tertiary/aromatic N) is 1. The van der Waals surface area contributed by atoms with E-state index in [2.05, 4.69) is 0 Å². The first-order valence-electron chi connectivity index (χ1n) is 7.05. The number of hydrogen-bond donors (Lipinski definition) is 2. The summed E-state index contributed by atoms with van der Waals surface area (Å²) in [4.78, 5) is 21.6. The fraction of sp³-hybridized carbons (Fsp3) is 0.176. The van der Waals surface area contributed by atoms with Crippen LogP contribution < -0.4 is 0 Å². The van der Waals surface area contributed by atoms with E-state index < -0.39 is 11.8 Å². The summed E-state index contributed by atoms with van der Waals surface area (Å²) in [5.41, 5.74) is 1.37. The van der Waals surface area contributed by atoms with E-state index in [0.29, 0.717) is 18.3 Å². The lowest BCUT2D eigenvalue weighted by Gasteiger charge is -2.08. The maximum Gasteiger partial charge on any atom is 0.376 e. The number of ketones is 1. The van der Waals surface area contributed by atoms with E-state index in [9.17, 15) is 19.1 Å². The largest absolute Gasteiger partial charge is 0.506 e. The molecule has 0 aliphatic rings. The maximum atomic E-state index is 12.8. The number of hydrogen-bond acceptors (Lipinski definition) is 3. The fourth-order valence-electron chi connectivity index (χ4n) is 2.21. The van der Waals surface area contributed by atoms with Crippen LogP contribution >= 0.6 is 0 Å². The average Bonchev–Trinajstić information content (AvgIpc) is 2.97. The Bertz CT molecular complexity index is 731. The van der Waals surface area contributed by atoms with Gasteiger partial charge in [-0.25, -0.2) is 9.18 Å². The minimum Gasteiger partial charge on any atom is -0.506 e. The molecule has 1 aromatic heterocycles.